The third-order valence-corrected chi connectivity index (χ3v) is 2.61. The van der Waals surface area contributed by atoms with Gasteiger partial charge in [-0.05, 0) is 19.1 Å². The first-order valence-electron chi connectivity index (χ1n) is 5.73. The molecule has 0 aliphatic heterocycles. The Morgan fingerprint density at radius 2 is 2.00 bits per heavy atom. The van der Waals surface area contributed by atoms with Crippen LogP contribution in [-0.2, 0) is 0 Å². The number of nitrogens with one attached hydrogen (secondary N) is 1. The normalized spacial score (nSPS) is 10.0. The van der Waals surface area contributed by atoms with Gasteiger partial charge in [-0.1, -0.05) is 18.2 Å². The van der Waals surface area contributed by atoms with Crippen LogP contribution < -0.4 is 15.0 Å². The number of anilines is 2. The molecule has 88 valence electrons. The summed E-state index contributed by atoms with van der Waals surface area (Å²) in [7, 11) is 1.91. The number of benzene rings is 1. The van der Waals surface area contributed by atoms with Gasteiger partial charge in [0.15, 0.2) is 0 Å². The molecule has 0 spiro atoms. The second-order valence-electron chi connectivity index (χ2n) is 3.61. The van der Waals surface area contributed by atoms with Crippen LogP contribution in [0.25, 0.3) is 0 Å². The lowest BCUT2D eigenvalue weighted by molar-refractivity contribution is -0.673. The molecule has 0 bridgehead atoms. The predicted molar refractivity (Wildman–Crippen MR) is 68.8 cm³/mol. The van der Waals surface area contributed by atoms with Crippen molar-refractivity contribution in [1.82, 2.24) is 4.98 Å². The molecule has 0 amide bonds. The van der Waals surface area contributed by atoms with E-state index >= 15 is 0 Å². The molecule has 1 heterocycles. The summed E-state index contributed by atoms with van der Waals surface area (Å²) in [5, 5.41) is 5.31. The molecule has 0 unspecified atom stereocenters. The first-order chi connectivity index (χ1) is 8.36. The Morgan fingerprint density at radius 3 is 2.65 bits per heavy atom. The fourth-order valence-corrected chi connectivity index (χ4v) is 1.80. The molecular formula is C13H17N4+. The summed E-state index contributed by atoms with van der Waals surface area (Å²) in [6, 6.07) is 12.2. The lowest BCUT2D eigenvalue weighted by Gasteiger charge is -2.22. The van der Waals surface area contributed by atoms with Crippen LogP contribution in [0.2, 0.25) is 0 Å². The van der Waals surface area contributed by atoms with E-state index in [9.17, 15) is 0 Å². The van der Waals surface area contributed by atoms with E-state index in [-0.39, 0.29) is 0 Å². The highest BCUT2D eigenvalue weighted by atomic mass is 15.6. The molecule has 1 aromatic heterocycles. The Morgan fingerprint density at radius 1 is 1.24 bits per heavy atom. The van der Waals surface area contributed by atoms with Crippen molar-refractivity contribution in [2.75, 3.05) is 23.9 Å². The van der Waals surface area contributed by atoms with Crippen molar-refractivity contribution >= 4 is 11.5 Å². The van der Waals surface area contributed by atoms with Gasteiger partial charge in [0.05, 0.1) is 5.69 Å². The Hall–Kier alpha value is -2.10. The van der Waals surface area contributed by atoms with E-state index in [1.54, 1.807) is 6.20 Å². The van der Waals surface area contributed by atoms with E-state index in [0.717, 1.165) is 18.1 Å². The zero-order valence-electron chi connectivity index (χ0n) is 10.2. The number of nitrogens with zero attached hydrogens (tertiary/aromatic N) is 3. The number of aromatic nitrogens is 2. The molecule has 1 N–H and O–H groups in total. The van der Waals surface area contributed by atoms with Crippen molar-refractivity contribution in [3.8, 4) is 0 Å². The van der Waals surface area contributed by atoms with Gasteiger partial charge in [0, 0.05) is 19.7 Å². The van der Waals surface area contributed by atoms with Crippen molar-refractivity contribution in [2.24, 2.45) is 0 Å². The molecule has 2 aromatic rings. The van der Waals surface area contributed by atoms with Gasteiger partial charge in [-0.25, -0.2) is 5.01 Å². The lowest BCUT2D eigenvalue weighted by Crippen LogP contribution is -2.55. The quantitative estimate of drug-likeness (QED) is 0.810. The number of para-hydroxylation sites is 1. The molecule has 0 saturated carbocycles. The van der Waals surface area contributed by atoms with Crippen LogP contribution in [0.1, 0.15) is 6.92 Å². The summed E-state index contributed by atoms with van der Waals surface area (Å²) in [4.78, 5) is 4.17. The monoisotopic (exact) mass is 229 g/mol. The van der Waals surface area contributed by atoms with Gasteiger partial charge < -0.3 is 5.32 Å². The fraction of sp³-hybridized carbons (Fsp3) is 0.231. The molecule has 4 heteroatoms. The highest BCUT2D eigenvalue weighted by Gasteiger charge is 2.13. The Bertz CT molecular complexity index is 470. The molecule has 0 fully saturated rings. The topological polar surface area (TPSA) is 32.0 Å². The van der Waals surface area contributed by atoms with Crippen molar-refractivity contribution in [1.29, 1.82) is 0 Å². The number of hydrogen-bond donors (Lipinski definition) is 1. The van der Waals surface area contributed by atoms with E-state index in [1.165, 1.54) is 0 Å². The van der Waals surface area contributed by atoms with Gasteiger partial charge in [-0.3, -0.25) is 0 Å². The van der Waals surface area contributed by atoms with Crippen LogP contribution in [0.4, 0.5) is 11.5 Å². The SMILES string of the molecule is CCN(c1ccccc1)[n+]1cnccc1NC. The first-order valence-corrected chi connectivity index (χ1v) is 5.73. The highest BCUT2D eigenvalue weighted by Crippen LogP contribution is 2.11. The van der Waals surface area contributed by atoms with Crippen LogP contribution >= 0.6 is 0 Å². The molecule has 0 atom stereocenters. The van der Waals surface area contributed by atoms with Crippen LogP contribution in [0, 0.1) is 0 Å². The summed E-state index contributed by atoms with van der Waals surface area (Å²) in [5.74, 6) is 1.01. The van der Waals surface area contributed by atoms with Crippen molar-refractivity contribution in [3.63, 3.8) is 0 Å². The minimum absolute atomic E-state index is 0.870. The van der Waals surface area contributed by atoms with Crippen molar-refractivity contribution in [2.45, 2.75) is 6.92 Å². The van der Waals surface area contributed by atoms with E-state index in [2.05, 4.69) is 34.4 Å². The summed E-state index contributed by atoms with van der Waals surface area (Å²) in [5.41, 5.74) is 1.14. The highest BCUT2D eigenvalue weighted by molar-refractivity contribution is 5.43. The van der Waals surface area contributed by atoms with Crippen LogP contribution in [0.15, 0.2) is 48.9 Å². The average Bonchev–Trinajstić information content (AvgIpc) is 2.41. The maximum atomic E-state index is 4.17. The fourth-order valence-electron chi connectivity index (χ4n) is 1.80. The maximum Gasteiger partial charge on any atom is 0.247 e. The molecule has 0 aliphatic carbocycles. The van der Waals surface area contributed by atoms with Crippen LogP contribution in [-0.4, -0.2) is 18.6 Å². The second-order valence-corrected chi connectivity index (χ2v) is 3.61. The van der Waals surface area contributed by atoms with Gasteiger partial charge in [0.1, 0.15) is 6.20 Å². The maximum absolute atomic E-state index is 4.17. The summed E-state index contributed by atoms with van der Waals surface area (Å²) < 4.78 is 2.01. The van der Waals surface area contributed by atoms with E-state index in [1.807, 2.05) is 42.3 Å². The van der Waals surface area contributed by atoms with Gasteiger partial charge in [-0.15, -0.1) is 9.66 Å². The molecule has 17 heavy (non-hydrogen) atoms. The largest absolute Gasteiger partial charge is 0.307 e. The third-order valence-electron chi connectivity index (χ3n) is 2.61. The lowest BCUT2D eigenvalue weighted by atomic mass is 10.3. The van der Waals surface area contributed by atoms with E-state index in [0.29, 0.717) is 0 Å². The molecule has 2 rings (SSSR count). The van der Waals surface area contributed by atoms with Crippen molar-refractivity contribution in [3.05, 3.63) is 48.9 Å². The minimum atomic E-state index is 0.870. The van der Waals surface area contributed by atoms with Crippen molar-refractivity contribution < 1.29 is 4.68 Å². The molecule has 0 saturated heterocycles. The zero-order chi connectivity index (χ0) is 12.1. The summed E-state index contributed by atoms with van der Waals surface area (Å²) >= 11 is 0. The standard InChI is InChI=1S/C13H16N4/c1-3-16(12-7-5-4-6-8-12)17-11-15-10-9-13(17)14-2/h4-11H,3H2,1-2H3/p+1. The summed E-state index contributed by atoms with van der Waals surface area (Å²) in [6.45, 7) is 2.99. The smallest absolute Gasteiger partial charge is 0.247 e. The van der Waals surface area contributed by atoms with E-state index in [4.69, 9.17) is 0 Å². The van der Waals surface area contributed by atoms with Crippen LogP contribution in [0.5, 0.6) is 0 Å². The number of hydrogen-bond acceptors (Lipinski definition) is 3. The zero-order valence-corrected chi connectivity index (χ0v) is 10.2. The van der Waals surface area contributed by atoms with Crippen LogP contribution in [0.3, 0.4) is 0 Å². The molecule has 0 radical (unpaired) electrons. The number of rotatable bonds is 4. The predicted octanol–water partition coefficient (Wildman–Crippen LogP) is 1.70. The molecule has 1 aromatic carbocycles. The third kappa shape index (κ3) is 2.36. The second kappa shape index (κ2) is 5.30. The Balaban J connectivity index is 2.42. The molecular weight excluding hydrogens is 212 g/mol. The van der Waals surface area contributed by atoms with E-state index < -0.39 is 0 Å². The van der Waals surface area contributed by atoms with Gasteiger partial charge in [0.2, 0.25) is 12.1 Å². The van der Waals surface area contributed by atoms with Gasteiger partial charge >= 0.3 is 0 Å². The Kier molecular flexibility index (Phi) is 3.55. The van der Waals surface area contributed by atoms with Gasteiger partial charge in [-0.2, -0.15) is 0 Å². The molecule has 4 nitrogen and oxygen atoms in total. The average molecular weight is 229 g/mol. The first kappa shape index (κ1) is 11.4. The Labute approximate surface area is 102 Å². The molecule has 0 aliphatic rings. The van der Waals surface area contributed by atoms with Gasteiger partial charge in [0.25, 0.3) is 0 Å². The summed E-state index contributed by atoms with van der Waals surface area (Å²) in [6.07, 6.45) is 3.59. The minimum Gasteiger partial charge on any atom is -0.307 e.